The van der Waals surface area contributed by atoms with Crippen LogP contribution in [-0.2, 0) is 0 Å². The average Bonchev–Trinajstić information content (AvgIpc) is 2.42. The summed E-state index contributed by atoms with van der Waals surface area (Å²) >= 11 is 12.1. The summed E-state index contributed by atoms with van der Waals surface area (Å²) in [6.07, 6.45) is 2.02. The van der Waals surface area contributed by atoms with E-state index in [-0.39, 0.29) is 10.9 Å². The first-order valence-electron chi connectivity index (χ1n) is 7.07. The summed E-state index contributed by atoms with van der Waals surface area (Å²) in [6.45, 7) is 2.56. The van der Waals surface area contributed by atoms with Gasteiger partial charge in [-0.3, -0.25) is 4.79 Å². The van der Waals surface area contributed by atoms with E-state index in [0.717, 1.165) is 32.5 Å². The van der Waals surface area contributed by atoms with Gasteiger partial charge < -0.3 is 15.5 Å². The number of anilines is 1. The van der Waals surface area contributed by atoms with Gasteiger partial charge in [0.1, 0.15) is 0 Å². The minimum atomic E-state index is -0.0856. The van der Waals surface area contributed by atoms with Gasteiger partial charge in [0, 0.05) is 25.3 Å². The Kier molecular flexibility index (Phi) is 5.36. The van der Waals surface area contributed by atoms with E-state index in [4.69, 9.17) is 28.9 Å². The summed E-state index contributed by atoms with van der Waals surface area (Å²) < 4.78 is 0. The lowest BCUT2D eigenvalue weighted by molar-refractivity contribution is 0.0678. The van der Waals surface area contributed by atoms with Gasteiger partial charge >= 0.3 is 0 Å². The number of carbonyl (C=O) groups excluding carboxylic acids is 1. The second kappa shape index (κ2) is 6.86. The van der Waals surface area contributed by atoms with Crippen LogP contribution in [0.5, 0.6) is 0 Å². The molecule has 0 atom stereocenters. The molecule has 0 spiro atoms. The van der Waals surface area contributed by atoms with E-state index in [1.165, 1.54) is 0 Å². The quantitative estimate of drug-likeness (QED) is 0.867. The van der Waals surface area contributed by atoms with E-state index < -0.39 is 0 Å². The van der Waals surface area contributed by atoms with Gasteiger partial charge in [-0.05, 0) is 45.0 Å². The number of carbonyl (C=O) groups is 1. The molecule has 0 saturated carbocycles. The molecule has 1 aromatic carbocycles. The zero-order valence-electron chi connectivity index (χ0n) is 12.4. The van der Waals surface area contributed by atoms with Gasteiger partial charge in [-0.2, -0.15) is 0 Å². The Hall–Kier alpha value is -0.970. The lowest BCUT2D eigenvalue weighted by Crippen LogP contribution is -2.40. The number of hydrogen-bond donors (Lipinski definition) is 1. The largest absolute Gasteiger partial charge is 0.399 e. The molecule has 1 heterocycles. The van der Waals surface area contributed by atoms with E-state index in [2.05, 4.69) is 19.0 Å². The van der Waals surface area contributed by atoms with Crippen molar-refractivity contribution in [1.82, 2.24) is 9.80 Å². The average molecular weight is 330 g/mol. The highest BCUT2D eigenvalue weighted by molar-refractivity contribution is 6.44. The van der Waals surface area contributed by atoms with Crippen LogP contribution >= 0.6 is 23.2 Å². The van der Waals surface area contributed by atoms with Crippen molar-refractivity contribution < 1.29 is 4.79 Å². The Morgan fingerprint density at radius 2 is 1.95 bits per heavy atom. The van der Waals surface area contributed by atoms with Crippen molar-refractivity contribution in [1.29, 1.82) is 0 Å². The minimum absolute atomic E-state index is 0.0856. The topological polar surface area (TPSA) is 49.6 Å². The molecule has 6 heteroatoms. The molecule has 0 radical (unpaired) electrons. The number of benzene rings is 1. The molecule has 1 amide bonds. The van der Waals surface area contributed by atoms with Crippen LogP contribution in [0, 0.1) is 5.92 Å². The summed E-state index contributed by atoms with van der Waals surface area (Å²) in [5.41, 5.74) is 6.60. The molecule has 21 heavy (non-hydrogen) atoms. The van der Waals surface area contributed by atoms with Gasteiger partial charge in [0.2, 0.25) is 0 Å². The summed E-state index contributed by atoms with van der Waals surface area (Å²) in [7, 11) is 4.15. The summed E-state index contributed by atoms with van der Waals surface area (Å²) in [5, 5.41) is 0.605. The highest BCUT2D eigenvalue weighted by Crippen LogP contribution is 2.30. The van der Waals surface area contributed by atoms with Crippen molar-refractivity contribution in [2.75, 3.05) is 39.5 Å². The van der Waals surface area contributed by atoms with Crippen molar-refractivity contribution in [3.05, 3.63) is 27.7 Å². The number of likely N-dealkylation sites (tertiary alicyclic amines) is 1. The molecule has 1 saturated heterocycles. The predicted octanol–water partition coefficient (Wildman–Crippen LogP) is 2.99. The summed E-state index contributed by atoms with van der Waals surface area (Å²) in [5.74, 6) is 0.557. The molecule has 4 nitrogen and oxygen atoms in total. The first-order chi connectivity index (χ1) is 9.88. The van der Waals surface area contributed by atoms with Crippen LogP contribution in [0.15, 0.2) is 12.1 Å². The lowest BCUT2D eigenvalue weighted by Gasteiger charge is -2.33. The molecule has 1 aliphatic rings. The number of rotatable bonds is 3. The van der Waals surface area contributed by atoms with Crippen LogP contribution in [0.4, 0.5) is 5.69 Å². The maximum absolute atomic E-state index is 12.6. The molecule has 2 N–H and O–H groups in total. The second-order valence-electron chi connectivity index (χ2n) is 5.86. The number of amides is 1. The molecule has 1 aliphatic heterocycles. The highest BCUT2D eigenvalue weighted by Gasteiger charge is 2.25. The maximum atomic E-state index is 12.6. The Bertz CT molecular complexity index is 526. The van der Waals surface area contributed by atoms with Gasteiger partial charge in [0.15, 0.2) is 0 Å². The van der Waals surface area contributed by atoms with Crippen molar-refractivity contribution in [2.45, 2.75) is 12.8 Å². The van der Waals surface area contributed by atoms with E-state index >= 15 is 0 Å². The molecule has 2 rings (SSSR count). The van der Waals surface area contributed by atoms with Crippen LogP contribution in [0.2, 0.25) is 10.0 Å². The SMILES string of the molecule is CN(C)CC1CCN(C(=O)c2cc(N)cc(Cl)c2Cl)CC1. The van der Waals surface area contributed by atoms with Gasteiger partial charge in [-0.15, -0.1) is 0 Å². The molecule has 116 valence electrons. The first kappa shape index (κ1) is 16.4. The number of nitrogens with two attached hydrogens (primary N) is 1. The lowest BCUT2D eigenvalue weighted by atomic mass is 9.96. The highest BCUT2D eigenvalue weighted by atomic mass is 35.5. The van der Waals surface area contributed by atoms with Crippen molar-refractivity contribution in [3.8, 4) is 0 Å². The van der Waals surface area contributed by atoms with E-state index in [0.29, 0.717) is 22.2 Å². The summed E-state index contributed by atoms with van der Waals surface area (Å²) in [4.78, 5) is 16.6. The number of halogens is 2. The van der Waals surface area contributed by atoms with Crippen LogP contribution < -0.4 is 5.73 Å². The van der Waals surface area contributed by atoms with Gasteiger partial charge in [-0.1, -0.05) is 23.2 Å². The summed E-state index contributed by atoms with van der Waals surface area (Å²) in [6, 6.07) is 3.16. The molecule has 1 aromatic rings. The number of nitrogen functional groups attached to an aromatic ring is 1. The second-order valence-corrected chi connectivity index (χ2v) is 6.65. The van der Waals surface area contributed by atoms with Gasteiger partial charge in [0.25, 0.3) is 5.91 Å². The molecule has 0 aliphatic carbocycles. The monoisotopic (exact) mass is 329 g/mol. The van der Waals surface area contributed by atoms with E-state index in [9.17, 15) is 4.79 Å². The fourth-order valence-electron chi connectivity index (χ4n) is 2.77. The van der Waals surface area contributed by atoms with Gasteiger partial charge in [0.05, 0.1) is 15.6 Å². The fraction of sp³-hybridized carbons (Fsp3) is 0.533. The van der Waals surface area contributed by atoms with Crippen molar-refractivity contribution in [2.24, 2.45) is 5.92 Å². The van der Waals surface area contributed by atoms with Crippen LogP contribution in [0.1, 0.15) is 23.2 Å². The molecule has 0 bridgehead atoms. The Labute approximate surface area is 135 Å². The molecular formula is C15H21Cl2N3O. The Morgan fingerprint density at radius 3 is 2.52 bits per heavy atom. The molecular weight excluding hydrogens is 309 g/mol. The van der Waals surface area contributed by atoms with E-state index in [1.54, 1.807) is 12.1 Å². The normalized spacial score (nSPS) is 16.5. The zero-order chi connectivity index (χ0) is 15.6. The smallest absolute Gasteiger partial charge is 0.255 e. The van der Waals surface area contributed by atoms with Gasteiger partial charge in [-0.25, -0.2) is 0 Å². The predicted molar refractivity (Wildman–Crippen MR) is 88.1 cm³/mol. The minimum Gasteiger partial charge on any atom is -0.399 e. The zero-order valence-corrected chi connectivity index (χ0v) is 13.9. The number of nitrogens with zero attached hydrogens (tertiary/aromatic N) is 2. The van der Waals surface area contributed by atoms with Crippen LogP contribution in [0.25, 0.3) is 0 Å². The fourth-order valence-corrected chi connectivity index (χ4v) is 3.19. The first-order valence-corrected chi connectivity index (χ1v) is 7.82. The molecule has 1 fully saturated rings. The number of piperidine rings is 1. The van der Waals surface area contributed by atoms with Crippen molar-refractivity contribution >= 4 is 34.8 Å². The Morgan fingerprint density at radius 1 is 1.33 bits per heavy atom. The molecule has 0 unspecified atom stereocenters. The van der Waals surface area contributed by atoms with E-state index in [1.807, 2.05) is 4.90 Å². The van der Waals surface area contributed by atoms with Crippen molar-refractivity contribution in [3.63, 3.8) is 0 Å². The third-order valence-corrected chi connectivity index (χ3v) is 4.61. The third-order valence-electron chi connectivity index (χ3n) is 3.81. The number of hydrogen-bond acceptors (Lipinski definition) is 3. The van der Waals surface area contributed by atoms with Crippen LogP contribution in [-0.4, -0.2) is 49.4 Å². The van der Waals surface area contributed by atoms with Crippen LogP contribution in [0.3, 0.4) is 0 Å². The maximum Gasteiger partial charge on any atom is 0.255 e. The standard InChI is InChI=1S/C15H21Cl2N3O/c1-19(2)9-10-3-5-20(6-4-10)15(21)12-7-11(18)8-13(16)14(12)17/h7-8,10H,3-6,9,18H2,1-2H3. The Balaban J connectivity index is 2.06. The molecule has 0 aromatic heterocycles. The third kappa shape index (κ3) is 4.02.